The SMILES string of the molecule is Cc1ccc(CN2C(=O)CCN(c3cnn4ccc(C[C@@H]5CCN[C@@H](C)C5)cc34)C2=O)cc1C. The van der Waals surface area contributed by atoms with E-state index < -0.39 is 0 Å². The molecular formula is C27H33N5O2. The zero-order valence-corrected chi connectivity index (χ0v) is 20.3. The smallest absolute Gasteiger partial charge is 0.314 e. The number of pyridine rings is 1. The lowest BCUT2D eigenvalue weighted by atomic mass is 9.88. The molecule has 2 fully saturated rings. The van der Waals surface area contributed by atoms with Crippen molar-refractivity contribution in [2.75, 3.05) is 18.0 Å². The van der Waals surface area contributed by atoms with E-state index in [1.165, 1.54) is 28.9 Å². The molecule has 4 heterocycles. The van der Waals surface area contributed by atoms with E-state index in [2.05, 4.69) is 42.5 Å². The highest BCUT2D eigenvalue weighted by atomic mass is 16.2. The van der Waals surface area contributed by atoms with Crippen molar-refractivity contribution in [3.05, 3.63) is 65.0 Å². The molecule has 3 amide bonds. The van der Waals surface area contributed by atoms with Crippen molar-refractivity contribution in [2.45, 2.75) is 59.0 Å². The summed E-state index contributed by atoms with van der Waals surface area (Å²) in [5.41, 5.74) is 6.26. The Bertz CT molecular complexity index is 1230. The quantitative estimate of drug-likeness (QED) is 0.620. The molecule has 7 nitrogen and oxygen atoms in total. The number of imide groups is 1. The Morgan fingerprint density at radius 2 is 1.94 bits per heavy atom. The molecule has 3 aromatic rings. The van der Waals surface area contributed by atoms with Crippen molar-refractivity contribution in [3.8, 4) is 0 Å². The van der Waals surface area contributed by atoms with Crippen LogP contribution < -0.4 is 10.2 Å². The number of benzene rings is 1. The van der Waals surface area contributed by atoms with Crippen LogP contribution in [-0.2, 0) is 17.8 Å². The fraction of sp³-hybridized carbons (Fsp3) is 0.444. The van der Waals surface area contributed by atoms with Gasteiger partial charge in [0.05, 0.1) is 23.9 Å². The van der Waals surface area contributed by atoms with Gasteiger partial charge in [0.2, 0.25) is 5.91 Å². The molecule has 2 atom stereocenters. The topological polar surface area (TPSA) is 70.0 Å². The van der Waals surface area contributed by atoms with E-state index in [1.807, 2.05) is 29.8 Å². The third-order valence-electron chi connectivity index (χ3n) is 7.34. The van der Waals surface area contributed by atoms with E-state index in [-0.39, 0.29) is 18.5 Å². The zero-order chi connectivity index (χ0) is 23.8. The lowest BCUT2D eigenvalue weighted by molar-refractivity contribution is -0.129. The number of nitrogens with zero attached hydrogens (tertiary/aromatic N) is 4. The summed E-state index contributed by atoms with van der Waals surface area (Å²) in [5, 5.41) is 8.01. The Labute approximate surface area is 200 Å². The van der Waals surface area contributed by atoms with Crippen LogP contribution in [0.2, 0.25) is 0 Å². The van der Waals surface area contributed by atoms with Crippen molar-refractivity contribution in [1.29, 1.82) is 0 Å². The highest BCUT2D eigenvalue weighted by Gasteiger charge is 2.34. The minimum Gasteiger partial charge on any atom is -0.314 e. The number of piperidine rings is 1. The van der Waals surface area contributed by atoms with Gasteiger partial charge in [-0.1, -0.05) is 18.2 Å². The van der Waals surface area contributed by atoms with Gasteiger partial charge in [-0.2, -0.15) is 5.10 Å². The van der Waals surface area contributed by atoms with Gasteiger partial charge in [-0.3, -0.25) is 14.6 Å². The Kier molecular flexibility index (Phi) is 6.13. The molecule has 0 unspecified atom stereocenters. The summed E-state index contributed by atoms with van der Waals surface area (Å²) < 4.78 is 1.82. The average molecular weight is 460 g/mol. The summed E-state index contributed by atoms with van der Waals surface area (Å²) in [5.74, 6) is 0.532. The van der Waals surface area contributed by atoms with Crippen LogP contribution in [-0.4, -0.2) is 45.6 Å². The van der Waals surface area contributed by atoms with E-state index in [0.29, 0.717) is 24.9 Å². The van der Waals surface area contributed by atoms with Crippen molar-refractivity contribution >= 4 is 23.1 Å². The largest absolute Gasteiger partial charge is 0.331 e. The highest BCUT2D eigenvalue weighted by molar-refractivity contribution is 6.07. The number of hydrogen-bond acceptors (Lipinski definition) is 4. The molecule has 178 valence electrons. The third-order valence-corrected chi connectivity index (χ3v) is 7.34. The summed E-state index contributed by atoms with van der Waals surface area (Å²) in [6, 6.07) is 10.7. The van der Waals surface area contributed by atoms with Gasteiger partial charge in [0.15, 0.2) is 0 Å². The predicted octanol–water partition coefficient (Wildman–Crippen LogP) is 4.24. The average Bonchev–Trinajstić information content (AvgIpc) is 3.22. The van der Waals surface area contributed by atoms with Crippen LogP contribution in [0, 0.1) is 19.8 Å². The molecule has 34 heavy (non-hydrogen) atoms. The van der Waals surface area contributed by atoms with Crippen molar-refractivity contribution in [1.82, 2.24) is 19.8 Å². The summed E-state index contributed by atoms with van der Waals surface area (Å²) >= 11 is 0. The minimum absolute atomic E-state index is 0.128. The van der Waals surface area contributed by atoms with Gasteiger partial charge in [0.25, 0.3) is 0 Å². The van der Waals surface area contributed by atoms with Crippen LogP contribution in [0.4, 0.5) is 10.5 Å². The number of nitrogens with one attached hydrogen (secondary N) is 1. The number of hydrogen-bond donors (Lipinski definition) is 1. The van der Waals surface area contributed by atoms with Gasteiger partial charge in [-0.05, 0) is 86.9 Å². The summed E-state index contributed by atoms with van der Waals surface area (Å²) in [4.78, 5) is 29.2. The van der Waals surface area contributed by atoms with Gasteiger partial charge >= 0.3 is 6.03 Å². The number of aromatic nitrogens is 2. The standard InChI is InChI=1S/C27H33N5O2/c1-18-4-5-23(12-19(18)2)17-31-26(33)8-10-30(27(31)34)25-16-29-32-11-7-22(15-24(25)32)14-21-6-9-28-20(3)13-21/h4-5,7,11-12,15-16,20-21,28H,6,8-10,13-14,17H2,1-3H3/t20-,21+/m0/s1. The van der Waals surface area contributed by atoms with E-state index in [4.69, 9.17) is 0 Å². The molecule has 0 aliphatic carbocycles. The Balaban J connectivity index is 1.39. The van der Waals surface area contributed by atoms with Gasteiger partial charge in [0.1, 0.15) is 0 Å². The van der Waals surface area contributed by atoms with Crippen LogP contribution in [0.1, 0.15) is 48.4 Å². The number of rotatable bonds is 5. The van der Waals surface area contributed by atoms with Gasteiger partial charge < -0.3 is 5.32 Å². The molecule has 7 heteroatoms. The second kappa shape index (κ2) is 9.22. The molecule has 5 rings (SSSR count). The van der Waals surface area contributed by atoms with Crippen LogP contribution in [0.3, 0.4) is 0 Å². The van der Waals surface area contributed by atoms with Gasteiger partial charge in [-0.15, -0.1) is 0 Å². The number of carbonyl (C=O) groups excluding carboxylic acids is 2. The lowest BCUT2D eigenvalue weighted by Crippen LogP contribution is -2.52. The number of amides is 3. The number of fused-ring (bicyclic) bond motifs is 1. The third kappa shape index (κ3) is 4.44. The second-order valence-electron chi connectivity index (χ2n) is 9.93. The van der Waals surface area contributed by atoms with E-state index >= 15 is 0 Å². The Morgan fingerprint density at radius 3 is 2.74 bits per heavy atom. The van der Waals surface area contributed by atoms with Crippen LogP contribution >= 0.6 is 0 Å². The maximum Gasteiger partial charge on any atom is 0.331 e. The molecule has 0 spiro atoms. The first-order valence-electron chi connectivity index (χ1n) is 12.3. The first kappa shape index (κ1) is 22.6. The van der Waals surface area contributed by atoms with E-state index in [9.17, 15) is 9.59 Å². The van der Waals surface area contributed by atoms with Crippen molar-refractivity contribution in [3.63, 3.8) is 0 Å². The highest BCUT2D eigenvalue weighted by Crippen LogP contribution is 2.29. The first-order chi connectivity index (χ1) is 16.4. The molecule has 2 aliphatic rings. The Hall–Kier alpha value is -3.19. The lowest BCUT2D eigenvalue weighted by Gasteiger charge is -2.33. The number of anilines is 1. The molecule has 2 saturated heterocycles. The number of urea groups is 1. The molecule has 1 N–H and O–H groups in total. The number of aryl methyl sites for hydroxylation is 2. The van der Waals surface area contributed by atoms with Crippen LogP contribution in [0.5, 0.6) is 0 Å². The molecule has 2 aliphatic heterocycles. The van der Waals surface area contributed by atoms with E-state index in [1.54, 1.807) is 11.1 Å². The summed E-state index contributed by atoms with van der Waals surface area (Å²) in [6.45, 7) is 8.08. The van der Waals surface area contributed by atoms with E-state index in [0.717, 1.165) is 35.3 Å². The van der Waals surface area contributed by atoms with Crippen molar-refractivity contribution in [2.24, 2.45) is 5.92 Å². The normalized spacial score (nSPS) is 21.5. The minimum atomic E-state index is -0.276. The summed E-state index contributed by atoms with van der Waals surface area (Å²) in [7, 11) is 0. The Morgan fingerprint density at radius 1 is 1.09 bits per heavy atom. The molecule has 0 radical (unpaired) electrons. The zero-order valence-electron chi connectivity index (χ0n) is 20.3. The van der Waals surface area contributed by atoms with Gasteiger partial charge in [0, 0.05) is 25.2 Å². The van der Waals surface area contributed by atoms with Crippen LogP contribution in [0.15, 0.2) is 42.7 Å². The summed E-state index contributed by atoms with van der Waals surface area (Å²) in [6.07, 6.45) is 7.41. The van der Waals surface area contributed by atoms with Crippen LogP contribution in [0.25, 0.3) is 5.52 Å². The molecule has 2 aromatic heterocycles. The molecule has 0 saturated carbocycles. The monoisotopic (exact) mass is 459 g/mol. The van der Waals surface area contributed by atoms with Gasteiger partial charge in [-0.25, -0.2) is 9.31 Å². The fourth-order valence-electron chi connectivity index (χ4n) is 5.25. The van der Waals surface area contributed by atoms with Crippen molar-refractivity contribution < 1.29 is 9.59 Å². The predicted molar refractivity (Wildman–Crippen MR) is 133 cm³/mol. The fourth-order valence-corrected chi connectivity index (χ4v) is 5.25. The first-order valence-corrected chi connectivity index (χ1v) is 12.3. The second-order valence-corrected chi connectivity index (χ2v) is 9.93. The molecule has 1 aromatic carbocycles. The molecule has 0 bridgehead atoms. The number of carbonyl (C=O) groups is 2. The maximum absolute atomic E-state index is 13.5. The molecular weight excluding hydrogens is 426 g/mol. The maximum atomic E-state index is 13.5.